The molecule has 0 fully saturated rings. The summed E-state index contributed by atoms with van der Waals surface area (Å²) < 4.78 is 6.33. The summed E-state index contributed by atoms with van der Waals surface area (Å²) in [5, 5.41) is 1.45. The van der Waals surface area contributed by atoms with Crippen LogP contribution in [0.5, 0.6) is 0 Å². The van der Waals surface area contributed by atoms with Gasteiger partial charge in [0.25, 0.3) is 0 Å². The minimum absolute atomic E-state index is 0.0368. The minimum Gasteiger partial charge on any atom is -0.414 e. The van der Waals surface area contributed by atoms with Crippen LogP contribution in [0.15, 0.2) is 24.4 Å². The quantitative estimate of drug-likeness (QED) is 0.516. The number of hydrogen-bond acceptors (Lipinski definition) is 3. The van der Waals surface area contributed by atoms with Crippen molar-refractivity contribution in [3.63, 3.8) is 0 Å². The Bertz CT molecular complexity index is 469. The maximum Gasteiger partial charge on any atom is 0.348 e. The van der Waals surface area contributed by atoms with Crippen molar-refractivity contribution in [2.75, 3.05) is 19.8 Å². The molecule has 0 aromatic heterocycles. The Labute approximate surface area is 142 Å². The SMILES string of the molecule is C=CCON1C=C(C)[C@@H](CO[Si](C)(C)C(C)(C)C)N(CC)C1=O. The first-order valence-corrected chi connectivity index (χ1v) is 11.1. The molecule has 0 aromatic carbocycles. The van der Waals surface area contributed by atoms with Crippen LogP contribution >= 0.6 is 0 Å². The molecule has 0 bridgehead atoms. The lowest BCUT2D eigenvalue weighted by atomic mass is 10.1. The van der Waals surface area contributed by atoms with Crippen LogP contribution in [0.4, 0.5) is 4.79 Å². The fourth-order valence-electron chi connectivity index (χ4n) is 2.14. The summed E-state index contributed by atoms with van der Waals surface area (Å²) in [5.74, 6) is 0. The molecule has 1 aliphatic heterocycles. The van der Waals surface area contributed by atoms with Crippen molar-refractivity contribution in [2.24, 2.45) is 0 Å². The molecule has 0 radical (unpaired) electrons. The van der Waals surface area contributed by atoms with Gasteiger partial charge in [0.15, 0.2) is 8.32 Å². The van der Waals surface area contributed by atoms with Crippen LogP contribution in [-0.4, -0.2) is 50.1 Å². The smallest absolute Gasteiger partial charge is 0.348 e. The lowest BCUT2D eigenvalue weighted by Crippen LogP contribution is -2.54. The Morgan fingerprint density at radius 3 is 2.48 bits per heavy atom. The van der Waals surface area contributed by atoms with Gasteiger partial charge >= 0.3 is 6.03 Å². The van der Waals surface area contributed by atoms with Crippen molar-refractivity contribution in [1.29, 1.82) is 0 Å². The second-order valence-electron chi connectivity index (χ2n) is 7.44. The standard InChI is InChI=1S/C17H32N2O3Si/c1-9-11-21-19-12-14(3)15(18(10-2)16(19)20)13-22-23(7,8)17(4,5)6/h9,12,15H,1,10-11,13H2,2-8H3/t15-/m1/s1. The van der Waals surface area contributed by atoms with E-state index in [1.807, 2.05) is 13.8 Å². The van der Waals surface area contributed by atoms with Crippen molar-refractivity contribution < 1.29 is 14.1 Å². The monoisotopic (exact) mass is 340 g/mol. The molecule has 0 saturated carbocycles. The highest BCUT2D eigenvalue weighted by Gasteiger charge is 2.40. The Morgan fingerprint density at radius 1 is 1.39 bits per heavy atom. The van der Waals surface area contributed by atoms with Crippen molar-refractivity contribution >= 4 is 14.3 Å². The van der Waals surface area contributed by atoms with E-state index in [4.69, 9.17) is 9.26 Å². The van der Waals surface area contributed by atoms with Gasteiger partial charge in [-0.1, -0.05) is 26.8 Å². The molecule has 1 heterocycles. The van der Waals surface area contributed by atoms with E-state index < -0.39 is 8.32 Å². The van der Waals surface area contributed by atoms with Crippen molar-refractivity contribution in [2.45, 2.75) is 58.8 Å². The third-order valence-corrected chi connectivity index (χ3v) is 9.24. The van der Waals surface area contributed by atoms with Gasteiger partial charge in [-0.05, 0) is 37.6 Å². The van der Waals surface area contributed by atoms with Crippen molar-refractivity contribution in [3.8, 4) is 0 Å². The average molecular weight is 341 g/mol. The lowest BCUT2D eigenvalue weighted by molar-refractivity contribution is -0.0862. The number of urea groups is 1. The predicted molar refractivity (Wildman–Crippen MR) is 96.5 cm³/mol. The number of nitrogens with zero attached hydrogens (tertiary/aromatic N) is 2. The largest absolute Gasteiger partial charge is 0.414 e. The van der Waals surface area contributed by atoms with Gasteiger partial charge < -0.3 is 9.33 Å². The average Bonchev–Trinajstić information content (AvgIpc) is 2.44. The summed E-state index contributed by atoms with van der Waals surface area (Å²) in [7, 11) is -1.84. The first kappa shape index (κ1) is 19.9. The third-order valence-electron chi connectivity index (χ3n) is 4.74. The fraction of sp³-hybridized carbons (Fsp3) is 0.706. The molecule has 2 amide bonds. The molecule has 0 spiro atoms. The molecule has 1 atom stereocenters. The van der Waals surface area contributed by atoms with Gasteiger partial charge in [0.2, 0.25) is 0 Å². The first-order valence-electron chi connectivity index (χ1n) is 8.21. The second kappa shape index (κ2) is 7.64. The van der Waals surface area contributed by atoms with Crippen LogP contribution in [0.2, 0.25) is 18.1 Å². The van der Waals surface area contributed by atoms with E-state index in [-0.39, 0.29) is 17.1 Å². The number of amides is 2. The zero-order valence-electron chi connectivity index (χ0n) is 15.7. The minimum atomic E-state index is -1.84. The predicted octanol–water partition coefficient (Wildman–Crippen LogP) is 4.16. The Kier molecular flexibility index (Phi) is 6.62. The van der Waals surface area contributed by atoms with Crippen LogP contribution in [0, 0.1) is 0 Å². The van der Waals surface area contributed by atoms with E-state index in [0.29, 0.717) is 19.8 Å². The molecule has 0 aromatic rings. The molecular formula is C17H32N2O3Si. The van der Waals surface area contributed by atoms with Gasteiger partial charge in [-0.2, -0.15) is 5.06 Å². The van der Waals surface area contributed by atoms with Gasteiger partial charge in [0.1, 0.15) is 0 Å². The molecule has 0 unspecified atom stereocenters. The number of rotatable bonds is 7. The topological polar surface area (TPSA) is 42.0 Å². The van der Waals surface area contributed by atoms with Gasteiger partial charge in [-0.3, -0.25) is 4.84 Å². The third kappa shape index (κ3) is 4.68. The summed E-state index contributed by atoms with van der Waals surface area (Å²) >= 11 is 0. The summed E-state index contributed by atoms with van der Waals surface area (Å²) in [6.45, 7) is 20.2. The Hall–Kier alpha value is -1.11. The van der Waals surface area contributed by atoms with E-state index in [2.05, 4.69) is 40.4 Å². The molecule has 5 nitrogen and oxygen atoms in total. The number of carbonyl (C=O) groups excluding carboxylic acids is 1. The van der Waals surface area contributed by atoms with Crippen LogP contribution in [0.25, 0.3) is 0 Å². The molecular weight excluding hydrogens is 308 g/mol. The summed E-state index contributed by atoms with van der Waals surface area (Å²) in [6, 6.07) is -0.186. The Morgan fingerprint density at radius 2 is 2.00 bits per heavy atom. The molecule has 0 N–H and O–H groups in total. The maximum absolute atomic E-state index is 12.5. The highest BCUT2D eigenvalue weighted by atomic mass is 28.4. The maximum atomic E-state index is 12.5. The van der Waals surface area contributed by atoms with Crippen molar-refractivity contribution in [3.05, 3.63) is 24.4 Å². The van der Waals surface area contributed by atoms with Crippen LogP contribution < -0.4 is 0 Å². The second-order valence-corrected chi connectivity index (χ2v) is 12.2. The normalized spacial score (nSPS) is 19.9. The number of carbonyl (C=O) groups is 1. The number of hydroxylamine groups is 2. The van der Waals surface area contributed by atoms with E-state index in [9.17, 15) is 4.79 Å². The van der Waals surface area contributed by atoms with Gasteiger partial charge in [-0.15, -0.1) is 6.58 Å². The van der Waals surface area contributed by atoms with Crippen LogP contribution in [0.1, 0.15) is 34.6 Å². The zero-order valence-corrected chi connectivity index (χ0v) is 16.7. The number of hydrogen-bond donors (Lipinski definition) is 0. The molecule has 23 heavy (non-hydrogen) atoms. The van der Waals surface area contributed by atoms with Gasteiger partial charge in [0.05, 0.1) is 19.3 Å². The van der Waals surface area contributed by atoms with Crippen LogP contribution in [-0.2, 0) is 9.26 Å². The first-order chi connectivity index (χ1) is 10.5. The molecule has 132 valence electrons. The Balaban J connectivity index is 2.89. The highest BCUT2D eigenvalue weighted by Crippen LogP contribution is 2.37. The molecule has 1 rings (SSSR count). The molecule has 0 aliphatic carbocycles. The highest BCUT2D eigenvalue weighted by molar-refractivity contribution is 6.74. The van der Waals surface area contributed by atoms with E-state index in [1.54, 1.807) is 17.2 Å². The molecule has 1 aliphatic rings. The van der Waals surface area contributed by atoms with E-state index in [1.165, 1.54) is 5.06 Å². The zero-order chi connectivity index (χ0) is 17.8. The lowest BCUT2D eigenvalue weighted by Gasteiger charge is -2.42. The molecule has 6 heteroatoms. The van der Waals surface area contributed by atoms with Crippen LogP contribution in [0.3, 0.4) is 0 Å². The number of likely N-dealkylation sites (N-methyl/N-ethyl adjacent to an activating group) is 1. The van der Waals surface area contributed by atoms with Gasteiger partial charge in [0, 0.05) is 12.7 Å². The fourth-order valence-corrected chi connectivity index (χ4v) is 3.15. The van der Waals surface area contributed by atoms with E-state index >= 15 is 0 Å². The summed E-state index contributed by atoms with van der Waals surface area (Å²) in [6.07, 6.45) is 3.39. The van der Waals surface area contributed by atoms with Gasteiger partial charge in [-0.25, -0.2) is 4.79 Å². The van der Waals surface area contributed by atoms with Crippen molar-refractivity contribution in [1.82, 2.24) is 9.96 Å². The van der Waals surface area contributed by atoms with E-state index in [0.717, 1.165) is 5.57 Å². The summed E-state index contributed by atoms with van der Waals surface area (Å²) in [4.78, 5) is 19.8. The summed E-state index contributed by atoms with van der Waals surface area (Å²) in [5.41, 5.74) is 1.06. The molecule has 0 saturated heterocycles.